The Morgan fingerprint density at radius 2 is 0.848 bits per heavy atom. The summed E-state index contributed by atoms with van der Waals surface area (Å²) in [7, 11) is 0. The maximum absolute atomic E-state index is 14.2. The number of amides is 2. The molecule has 0 unspecified atom stereocenters. The molecule has 0 bridgehead atoms. The maximum atomic E-state index is 14.2. The molecule has 4 aromatic heterocycles. The van der Waals surface area contributed by atoms with E-state index in [1.807, 2.05) is 0 Å². The van der Waals surface area contributed by atoms with Crippen molar-refractivity contribution >= 4 is 58.2 Å². The van der Waals surface area contributed by atoms with E-state index in [9.17, 15) is 14.7 Å². The first-order valence-corrected chi connectivity index (χ1v) is 15.4. The number of phenols is 1. The summed E-state index contributed by atoms with van der Waals surface area (Å²) in [6, 6.07) is 16.1. The van der Waals surface area contributed by atoms with Crippen LogP contribution in [0.3, 0.4) is 0 Å². The summed E-state index contributed by atoms with van der Waals surface area (Å²) in [6.07, 6.45) is 6.15. The van der Waals surface area contributed by atoms with Crippen molar-refractivity contribution in [2.75, 3.05) is 0 Å². The van der Waals surface area contributed by atoms with Gasteiger partial charge in [0.15, 0.2) is 0 Å². The van der Waals surface area contributed by atoms with Gasteiger partial charge in [-0.1, -0.05) is 46.4 Å². The zero-order valence-corrected chi connectivity index (χ0v) is 27.4. The van der Waals surface area contributed by atoms with E-state index in [-0.39, 0.29) is 37.3 Å². The van der Waals surface area contributed by atoms with Gasteiger partial charge in [-0.25, -0.2) is 0 Å². The van der Waals surface area contributed by atoms with Crippen LogP contribution in [-0.4, -0.2) is 46.7 Å². The van der Waals surface area contributed by atoms with Gasteiger partial charge in [0.1, 0.15) is 5.75 Å². The quantitative estimate of drug-likeness (QED) is 0.160. The van der Waals surface area contributed by atoms with Crippen molar-refractivity contribution in [2.24, 2.45) is 0 Å². The summed E-state index contributed by atoms with van der Waals surface area (Å²) >= 11 is 24.8. The SMILES string of the molecule is Cc1cc(C(=O)N(Cc2cc(Cl)ccn2)Cc2cc(Cl)ccn2)c(O)c(C(=O)N(Cc2cc(Cl)ccn2)Cc2cc(Cl)ccn2)c1. The number of pyridine rings is 4. The molecule has 0 spiro atoms. The van der Waals surface area contributed by atoms with E-state index >= 15 is 0 Å². The first-order chi connectivity index (χ1) is 22.0. The van der Waals surface area contributed by atoms with E-state index in [1.54, 1.807) is 55.5 Å². The minimum Gasteiger partial charge on any atom is -0.506 e. The van der Waals surface area contributed by atoms with E-state index < -0.39 is 17.6 Å². The second-order valence-electron chi connectivity index (χ2n) is 10.4. The van der Waals surface area contributed by atoms with Crippen molar-refractivity contribution in [3.05, 3.63) is 145 Å². The lowest BCUT2D eigenvalue weighted by Crippen LogP contribution is -2.33. The fourth-order valence-electron chi connectivity index (χ4n) is 4.77. The Balaban J connectivity index is 1.52. The summed E-state index contributed by atoms with van der Waals surface area (Å²) in [5.74, 6) is -1.59. The zero-order valence-electron chi connectivity index (χ0n) is 24.4. The molecule has 13 heteroatoms. The van der Waals surface area contributed by atoms with E-state index in [2.05, 4.69) is 19.9 Å². The number of aryl methyl sites for hydroxylation is 1. The number of halogens is 4. The van der Waals surface area contributed by atoms with Crippen LogP contribution in [-0.2, 0) is 26.2 Å². The number of carbonyl (C=O) groups excluding carboxylic acids is 2. The highest BCUT2D eigenvalue weighted by atomic mass is 35.5. The lowest BCUT2D eigenvalue weighted by atomic mass is 10.0. The van der Waals surface area contributed by atoms with Crippen LogP contribution < -0.4 is 0 Å². The van der Waals surface area contributed by atoms with Crippen LogP contribution in [0.2, 0.25) is 20.1 Å². The molecular weight excluding hydrogens is 670 g/mol. The standard InChI is InChI=1S/C33H26Cl4N6O3/c1-20-10-29(32(45)42(16-25-12-21(34)2-6-38-25)17-26-13-22(35)3-7-39-26)31(44)30(11-20)33(46)43(18-27-14-23(36)4-8-40-27)19-28-15-24(37)5-9-41-28/h2-15,44H,16-19H2,1H3. The van der Waals surface area contributed by atoms with Crippen molar-refractivity contribution in [1.82, 2.24) is 29.7 Å². The molecule has 1 aromatic carbocycles. The smallest absolute Gasteiger partial charge is 0.258 e. The topological polar surface area (TPSA) is 112 Å². The highest BCUT2D eigenvalue weighted by Gasteiger charge is 2.28. The third kappa shape index (κ3) is 8.50. The predicted molar refractivity (Wildman–Crippen MR) is 177 cm³/mol. The molecule has 5 aromatic rings. The summed E-state index contributed by atoms with van der Waals surface area (Å²) < 4.78 is 0. The number of benzene rings is 1. The Labute approximate surface area is 285 Å². The van der Waals surface area contributed by atoms with E-state index in [0.717, 1.165) is 0 Å². The number of hydrogen-bond donors (Lipinski definition) is 1. The molecular formula is C33H26Cl4N6O3. The summed E-state index contributed by atoms with van der Waals surface area (Å²) in [5.41, 5.74) is 2.48. The minimum atomic E-state index is -0.557. The summed E-state index contributed by atoms with van der Waals surface area (Å²) in [4.78, 5) is 48.6. The Bertz CT molecular complexity index is 1680. The lowest BCUT2D eigenvalue weighted by Gasteiger charge is -2.25. The average molecular weight is 696 g/mol. The lowest BCUT2D eigenvalue weighted by molar-refractivity contribution is 0.0716. The Morgan fingerprint density at radius 1 is 0.565 bits per heavy atom. The van der Waals surface area contributed by atoms with Gasteiger partial charge in [0.25, 0.3) is 11.8 Å². The van der Waals surface area contributed by atoms with Crippen molar-refractivity contribution < 1.29 is 14.7 Å². The number of phenolic OH excluding ortho intramolecular Hbond substituents is 1. The fraction of sp³-hybridized carbons (Fsp3) is 0.152. The molecule has 46 heavy (non-hydrogen) atoms. The number of carbonyl (C=O) groups is 2. The molecule has 1 N–H and O–H groups in total. The second-order valence-corrected chi connectivity index (χ2v) is 12.1. The van der Waals surface area contributed by atoms with Crippen molar-refractivity contribution in [3.8, 4) is 5.75 Å². The molecule has 2 amide bonds. The fourth-order valence-corrected chi connectivity index (χ4v) is 5.50. The highest BCUT2D eigenvalue weighted by Crippen LogP contribution is 2.30. The Kier molecular flexibility index (Phi) is 10.7. The van der Waals surface area contributed by atoms with Gasteiger partial charge in [-0.15, -0.1) is 0 Å². The third-order valence-corrected chi connectivity index (χ3v) is 7.76. The second kappa shape index (κ2) is 14.9. The van der Waals surface area contributed by atoms with Crippen LogP contribution in [0, 0.1) is 6.92 Å². The Morgan fingerprint density at radius 3 is 1.11 bits per heavy atom. The normalized spacial score (nSPS) is 10.9. The van der Waals surface area contributed by atoms with Crippen LogP contribution in [0.1, 0.15) is 49.1 Å². The van der Waals surface area contributed by atoms with E-state index in [1.165, 1.54) is 46.7 Å². The van der Waals surface area contributed by atoms with Crippen LogP contribution >= 0.6 is 46.4 Å². The molecule has 0 aliphatic rings. The average Bonchev–Trinajstić information content (AvgIpc) is 3.01. The number of nitrogens with zero attached hydrogens (tertiary/aromatic N) is 6. The van der Waals surface area contributed by atoms with Gasteiger partial charge in [0, 0.05) is 44.9 Å². The molecule has 0 fully saturated rings. The van der Waals surface area contributed by atoms with Crippen LogP contribution in [0.5, 0.6) is 5.75 Å². The highest BCUT2D eigenvalue weighted by molar-refractivity contribution is 6.31. The molecule has 0 aliphatic heterocycles. The Hall–Kier alpha value is -4.28. The minimum absolute atomic E-state index is 0.0389. The predicted octanol–water partition coefficient (Wildman–Crippen LogP) is 7.58. The van der Waals surface area contributed by atoms with Crippen LogP contribution in [0.15, 0.2) is 85.5 Å². The molecule has 0 atom stereocenters. The first-order valence-electron chi connectivity index (χ1n) is 13.9. The van der Waals surface area contributed by atoms with Gasteiger partial charge in [0.05, 0.1) is 60.1 Å². The van der Waals surface area contributed by atoms with Crippen LogP contribution in [0.4, 0.5) is 0 Å². The molecule has 0 aliphatic carbocycles. The largest absolute Gasteiger partial charge is 0.506 e. The molecule has 9 nitrogen and oxygen atoms in total. The molecule has 234 valence electrons. The van der Waals surface area contributed by atoms with Gasteiger partial charge >= 0.3 is 0 Å². The third-order valence-electron chi connectivity index (χ3n) is 6.82. The number of aromatic nitrogens is 4. The summed E-state index contributed by atoms with van der Waals surface area (Å²) in [6.45, 7) is 1.89. The summed E-state index contributed by atoms with van der Waals surface area (Å²) in [5, 5.41) is 13.4. The van der Waals surface area contributed by atoms with Gasteiger partial charge in [-0.2, -0.15) is 0 Å². The monoisotopic (exact) mass is 694 g/mol. The van der Waals surface area contributed by atoms with Crippen molar-refractivity contribution in [1.29, 1.82) is 0 Å². The van der Waals surface area contributed by atoms with Gasteiger partial charge in [0.2, 0.25) is 0 Å². The molecule has 0 saturated carbocycles. The molecule has 5 rings (SSSR count). The van der Waals surface area contributed by atoms with Crippen molar-refractivity contribution in [3.63, 3.8) is 0 Å². The molecule has 0 saturated heterocycles. The van der Waals surface area contributed by atoms with Crippen LogP contribution in [0.25, 0.3) is 0 Å². The molecule has 4 heterocycles. The van der Waals surface area contributed by atoms with Gasteiger partial charge in [-0.05, 0) is 73.2 Å². The number of aromatic hydroxyl groups is 1. The maximum Gasteiger partial charge on any atom is 0.258 e. The van der Waals surface area contributed by atoms with Crippen molar-refractivity contribution in [2.45, 2.75) is 33.1 Å². The number of hydrogen-bond acceptors (Lipinski definition) is 7. The molecule has 0 radical (unpaired) electrons. The zero-order chi connectivity index (χ0) is 32.8. The van der Waals surface area contributed by atoms with E-state index in [4.69, 9.17) is 46.4 Å². The van der Waals surface area contributed by atoms with E-state index in [0.29, 0.717) is 48.4 Å². The number of rotatable bonds is 10. The van der Waals surface area contributed by atoms with Gasteiger partial charge < -0.3 is 14.9 Å². The van der Waals surface area contributed by atoms with Gasteiger partial charge in [-0.3, -0.25) is 29.5 Å². The first kappa shape index (κ1) is 33.1.